The van der Waals surface area contributed by atoms with E-state index in [0.29, 0.717) is 13.0 Å². The van der Waals surface area contributed by atoms with Crippen LogP contribution in [0, 0.1) is 0 Å². The molecule has 0 bridgehead atoms. The molecule has 0 aromatic heterocycles. The van der Waals surface area contributed by atoms with Gasteiger partial charge < -0.3 is 10.5 Å². The van der Waals surface area contributed by atoms with Crippen LogP contribution in [-0.2, 0) is 14.6 Å². The van der Waals surface area contributed by atoms with E-state index in [-0.39, 0.29) is 6.42 Å². The average Bonchev–Trinajstić information content (AvgIpc) is 1.85. The molecule has 0 saturated heterocycles. The SMILES string of the molecule is NCCCC(=O)OC[O]. The summed E-state index contributed by atoms with van der Waals surface area (Å²) in [6.45, 7) is -0.336. The van der Waals surface area contributed by atoms with E-state index in [9.17, 15) is 9.90 Å². The lowest BCUT2D eigenvalue weighted by atomic mass is 10.3. The molecular weight excluding hydrogens is 122 g/mol. The van der Waals surface area contributed by atoms with Gasteiger partial charge >= 0.3 is 5.97 Å². The standard InChI is InChI=1S/C5H10NO3/c6-3-1-2-5(8)9-4-7/h1-4,6H2. The maximum atomic E-state index is 10.3. The first-order chi connectivity index (χ1) is 4.31. The zero-order valence-electron chi connectivity index (χ0n) is 5.13. The van der Waals surface area contributed by atoms with Crippen molar-refractivity contribution in [3.63, 3.8) is 0 Å². The van der Waals surface area contributed by atoms with Gasteiger partial charge in [0.05, 0.1) is 0 Å². The summed E-state index contributed by atoms with van der Waals surface area (Å²) in [7, 11) is 0. The molecule has 9 heavy (non-hydrogen) atoms. The predicted octanol–water partition coefficient (Wildman–Crippen LogP) is -0.343. The minimum absolute atomic E-state index is 0.249. The number of ether oxygens (including phenoxy) is 1. The first-order valence-corrected chi connectivity index (χ1v) is 2.75. The van der Waals surface area contributed by atoms with Crippen LogP contribution in [0.3, 0.4) is 0 Å². The van der Waals surface area contributed by atoms with Crippen LogP contribution in [0.5, 0.6) is 0 Å². The summed E-state index contributed by atoms with van der Waals surface area (Å²) in [4.78, 5) is 10.3. The highest BCUT2D eigenvalue weighted by Gasteiger charge is 1.98. The maximum absolute atomic E-state index is 10.3. The molecule has 0 amide bonds. The van der Waals surface area contributed by atoms with Gasteiger partial charge in [0.1, 0.15) is 0 Å². The van der Waals surface area contributed by atoms with Gasteiger partial charge in [-0.25, -0.2) is 0 Å². The molecule has 0 saturated carbocycles. The Kier molecular flexibility index (Phi) is 5.15. The smallest absolute Gasteiger partial charge is 0.308 e. The lowest BCUT2D eigenvalue weighted by molar-refractivity contribution is -0.155. The molecule has 0 heterocycles. The molecule has 0 aliphatic heterocycles. The van der Waals surface area contributed by atoms with Crippen molar-refractivity contribution in [3.05, 3.63) is 0 Å². The summed E-state index contributed by atoms with van der Waals surface area (Å²) < 4.78 is 4.09. The monoisotopic (exact) mass is 132 g/mol. The van der Waals surface area contributed by atoms with Crippen molar-refractivity contribution in [3.8, 4) is 0 Å². The Balaban J connectivity index is 3.06. The van der Waals surface area contributed by atoms with Gasteiger partial charge in [0.2, 0.25) is 6.79 Å². The van der Waals surface area contributed by atoms with Crippen molar-refractivity contribution in [1.29, 1.82) is 0 Å². The third-order valence-corrected chi connectivity index (χ3v) is 0.805. The first-order valence-electron chi connectivity index (χ1n) is 2.75. The highest BCUT2D eigenvalue weighted by molar-refractivity contribution is 5.69. The number of esters is 1. The second kappa shape index (κ2) is 5.53. The van der Waals surface area contributed by atoms with Crippen LogP contribution < -0.4 is 5.73 Å². The molecule has 0 aromatic carbocycles. The van der Waals surface area contributed by atoms with Crippen molar-refractivity contribution in [2.24, 2.45) is 5.73 Å². The molecule has 53 valence electrons. The second-order valence-corrected chi connectivity index (χ2v) is 1.53. The Morgan fingerprint density at radius 2 is 2.22 bits per heavy atom. The van der Waals surface area contributed by atoms with Crippen molar-refractivity contribution >= 4 is 5.97 Å². The van der Waals surface area contributed by atoms with E-state index in [0.717, 1.165) is 0 Å². The summed E-state index contributed by atoms with van der Waals surface area (Å²) in [6.07, 6.45) is 0.831. The van der Waals surface area contributed by atoms with Crippen LogP contribution >= 0.6 is 0 Å². The summed E-state index contributed by atoms with van der Waals surface area (Å²) >= 11 is 0. The van der Waals surface area contributed by atoms with E-state index in [1.807, 2.05) is 0 Å². The van der Waals surface area contributed by atoms with Crippen LogP contribution in [0.25, 0.3) is 0 Å². The Morgan fingerprint density at radius 3 is 2.67 bits per heavy atom. The highest BCUT2D eigenvalue weighted by atomic mass is 16.6. The van der Waals surface area contributed by atoms with Crippen LogP contribution in [0.15, 0.2) is 0 Å². The molecule has 0 aliphatic rings. The quantitative estimate of drug-likeness (QED) is 0.420. The molecule has 0 spiro atoms. The molecule has 0 rings (SSSR count). The van der Waals surface area contributed by atoms with E-state index in [2.05, 4.69) is 4.74 Å². The zero-order chi connectivity index (χ0) is 7.11. The highest BCUT2D eigenvalue weighted by Crippen LogP contribution is 1.88. The number of hydrogen-bond acceptors (Lipinski definition) is 3. The van der Waals surface area contributed by atoms with Crippen molar-refractivity contribution in [1.82, 2.24) is 0 Å². The van der Waals surface area contributed by atoms with E-state index in [4.69, 9.17) is 5.73 Å². The molecular formula is C5H10NO3. The third-order valence-electron chi connectivity index (χ3n) is 0.805. The van der Waals surface area contributed by atoms with Gasteiger partial charge in [0, 0.05) is 6.42 Å². The largest absolute Gasteiger partial charge is 0.436 e. The van der Waals surface area contributed by atoms with Crippen molar-refractivity contribution in [2.75, 3.05) is 13.3 Å². The maximum Gasteiger partial charge on any atom is 0.308 e. The first kappa shape index (κ1) is 8.39. The molecule has 2 N–H and O–H groups in total. The van der Waals surface area contributed by atoms with Gasteiger partial charge in [-0.2, -0.15) is 5.11 Å². The van der Waals surface area contributed by atoms with E-state index >= 15 is 0 Å². The predicted molar refractivity (Wildman–Crippen MR) is 29.9 cm³/mol. The van der Waals surface area contributed by atoms with Crippen LogP contribution in [0.2, 0.25) is 0 Å². The van der Waals surface area contributed by atoms with Crippen molar-refractivity contribution in [2.45, 2.75) is 12.8 Å². The zero-order valence-corrected chi connectivity index (χ0v) is 5.13. The third kappa shape index (κ3) is 5.26. The van der Waals surface area contributed by atoms with Gasteiger partial charge in [0.25, 0.3) is 0 Å². The number of carbonyl (C=O) groups excluding carboxylic acids is 1. The Labute approximate surface area is 53.6 Å². The molecule has 4 heteroatoms. The van der Waals surface area contributed by atoms with Crippen LogP contribution in [0.1, 0.15) is 12.8 Å². The molecule has 0 aliphatic carbocycles. The fraction of sp³-hybridized carbons (Fsp3) is 0.800. The molecule has 4 nitrogen and oxygen atoms in total. The normalized spacial score (nSPS) is 9.11. The molecule has 0 unspecified atom stereocenters. The topological polar surface area (TPSA) is 72.2 Å². The number of hydrogen-bond donors (Lipinski definition) is 1. The van der Waals surface area contributed by atoms with Crippen LogP contribution in [-0.4, -0.2) is 19.3 Å². The average molecular weight is 132 g/mol. The summed E-state index contributed by atoms with van der Waals surface area (Å²) in [5.74, 6) is -0.463. The van der Waals surface area contributed by atoms with Gasteiger partial charge in [-0.1, -0.05) is 0 Å². The second-order valence-electron chi connectivity index (χ2n) is 1.53. The van der Waals surface area contributed by atoms with Gasteiger partial charge in [0.15, 0.2) is 0 Å². The fourth-order valence-corrected chi connectivity index (χ4v) is 0.384. The Bertz CT molecular complexity index is 84.3. The van der Waals surface area contributed by atoms with Gasteiger partial charge in [-0.15, -0.1) is 0 Å². The summed E-state index contributed by atoms with van der Waals surface area (Å²) in [6, 6.07) is 0. The summed E-state index contributed by atoms with van der Waals surface area (Å²) in [5, 5.41) is 9.63. The van der Waals surface area contributed by atoms with E-state index in [1.165, 1.54) is 0 Å². The van der Waals surface area contributed by atoms with Gasteiger partial charge in [-0.3, -0.25) is 4.79 Å². The molecule has 1 radical (unpaired) electrons. The van der Waals surface area contributed by atoms with Crippen LogP contribution in [0.4, 0.5) is 0 Å². The summed E-state index contributed by atoms with van der Waals surface area (Å²) in [5.41, 5.74) is 5.09. The number of rotatable bonds is 4. The van der Waals surface area contributed by atoms with E-state index < -0.39 is 12.8 Å². The molecule has 0 atom stereocenters. The fourth-order valence-electron chi connectivity index (χ4n) is 0.384. The lowest BCUT2D eigenvalue weighted by Crippen LogP contribution is -2.07. The Hall–Kier alpha value is -0.610. The van der Waals surface area contributed by atoms with Gasteiger partial charge in [-0.05, 0) is 13.0 Å². The Morgan fingerprint density at radius 1 is 1.56 bits per heavy atom. The minimum Gasteiger partial charge on any atom is -0.436 e. The number of nitrogens with two attached hydrogens (primary N) is 1. The minimum atomic E-state index is -0.788. The van der Waals surface area contributed by atoms with E-state index in [1.54, 1.807) is 0 Å². The number of carbonyl (C=O) groups is 1. The molecule has 0 aromatic rings. The van der Waals surface area contributed by atoms with Crippen molar-refractivity contribution < 1.29 is 14.6 Å². The lowest BCUT2D eigenvalue weighted by Gasteiger charge is -1.96. The molecule has 0 fully saturated rings.